The topological polar surface area (TPSA) is 135 Å². The van der Waals surface area contributed by atoms with Gasteiger partial charge in [0.15, 0.2) is 0 Å². The average Bonchev–Trinajstić information content (AvgIpc) is 3.27. The molecule has 3 aromatic rings. The van der Waals surface area contributed by atoms with Gasteiger partial charge in [0.1, 0.15) is 11.5 Å². The molecule has 0 saturated carbocycles. The summed E-state index contributed by atoms with van der Waals surface area (Å²) in [7, 11) is 1.30. The number of esters is 1. The van der Waals surface area contributed by atoms with E-state index in [4.69, 9.17) is 14.5 Å². The molecule has 3 amide bonds. The van der Waals surface area contributed by atoms with Crippen LogP contribution in [0.3, 0.4) is 0 Å². The van der Waals surface area contributed by atoms with Crippen LogP contribution in [-0.2, 0) is 14.3 Å². The summed E-state index contributed by atoms with van der Waals surface area (Å²) in [5.74, 6) is -1.77. The van der Waals surface area contributed by atoms with Gasteiger partial charge in [-0.3, -0.25) is 14.6 Å². The van der Waals surface area contributed by atoms with Gasteiger partial charge < -0.3 is 25.4 Å². The summed E-state index contributed by atoms with van der Waals surface area (Å²) >= 11 is 0. The SMILES string of the molecule is COC(=O)c1ccc2c(c1)NC(=O)C2C(=Nc1ccc(C(=O)NCCNC(=O)OC(C)(C)C)cc1)c1ccccc1. The van der Waals surface area contributed by atoms with Crippen LogP contribution in [0.5, 0.6) is 0 Å². The molecule has 1 heterocycles. The van der Waals surface area contributed by atoms with Crippen LogP contribution >= 0.6 is 0 Å². The fourth-order valence-electron chi connectivity index (χ4n) is 4.27. The Balaban J connectivity index is 1.51. The molecule has 3 aromatic carbocycles. The number of fused-ring (bicyclic) bond motifs is 1. The second-order valence-electron chi connectivity index (χ2n) is 10.3. The highest BCUT2D eigenvalue weighted by Gasteiger charge is 2.36. The summed E-state index contributed by atoms with van der Waals surface area (Å²) < 4.78 is 9.97. The van der Waals surface area contributed by atoms with Gasteiger partial charge in [-0.05, 0) is 68.3 Å². The Morgan fingerprint density at radius 3 is 2.20 bits per heavy atom. The van der Waals surface area contributed by atoms with E-state index >= 15 is 0 Å². The van der Waals surface area contributed by atoms with Gasteiger partial charge in [0.2, 0.25) is 5.91 Å². The van der Waals surface area contributed by atoms with Crippen LogP contribution in [-0.4, -0.2) is 55.4 Å². The molecule has 0 aliphatic carbocycles. The van der Waals surface area contributed by atoms with Gasteiger partial charge in [-0.1, -0.05) is 36.4 Å². The monoisotopic (exact) mass is 556 g/mol. The first kappa shape index (κ1) is 29.0. The van der Waals surface area contributed by atoms with Gasteiger partial charge in [0, 0.05) is 24.3 Å². The van der Waals surface area contributed by atoms with Crippen molar-refractivity contribution in [2.75, 3.05) is 25.5 Å². The minimum Gasteiger partial charge on any atom is -0.465 e. The van der Waals surface area contributed by atoms with E-state index in [1.807, 2.05) is 30.3 Å². The second-order valence-corrected chi connectivity index (χ2v) is 10.3. The number of carbonyl (C=O) groups is 4. The summed E-state index contributed by atoms with van der Waals surface area (Å²) in [5.41, 5.74) is 3.22. The third-order valence-electron chi connectivity index (χ3n) is 6.11. The summed E-state index contributed by atoms with van der Waals surface area (Å²) in [6, 6.07) is 21.0. The molecule has 41 heavy (non-hydrogen) atoms. The molecule has 1 atom stereocenters. The Kier molecular flexibility index (Phi) is 8.81. The van der Waals surface area contributed by atoms with Crippen molar-refractivity contribution in [3.05, 3.63) is 95.1 Å². The average molecular weight is 557 g/mol. The number of methoxy groups -OCH3 is 1. The predicted molar refractivity (Wildman–Crippen MR) is 155 cm³/mol. The summed E-state index contributed by atoms with van der Waals surface area (Å²) in [6.45, 7) is 5.76. The van der Waals surface area contributed by atoms with E-state index in [0.29, 0.717) is 33.8 Å². The third kappa shape index (κ3) is 7.36. The maximum Gasteiger partial charge on any atom is 0.407 e. The van der Waals surface area contributed by atoms with Crippen LogP contribution in [0.25, 0.3) is 0 Å². The second kappa shape index (κ2) is 12.5. The summed E-state index contributed by atoms with van der Waals surface area (Å²) in [4.78, 5) is 54.3. The molecule has 10 heteroatoms. The molecule has 4 rings (SSSR count). The van der Waals surface area contributed by atoms with Crippen molar-refractivity contribution in [2.24, 2.45) is 4.99 Å². The van der Waals surface area contributed by atoms with Gasteiger partial charge in [-0.15, -0.1) is 0 Å². The van der Waals surface area contributed by atoms with Crippen LogP contribution < -0.4 is 16.0 Å². The van der Waals surface area contributed by atoms with E-state index in [-0.39, 0.29) is 24.9 Å². The lowest BCUT2D eigenvalue weighted by Crippen LogP contribution is -2.37. The largest absolute Gasteiger partial charge is 0.465 e. The number of nitrogens with one attached hydrogen (secondary N) is 3. The molecule has 0 radical (unpaired) electrons. The Labute approximate surface area is 238 Å². The van der Waals surface area contributed by atoms with E-state index in [1.54, 1.807) is 63.2 Å². The molecule has 1 unspecified atom stereocenters. The first-order valence-electron chi connectivity index (χ1n) is 13.1. The smallest absolute Gasteiger partial charge is 0.407 e. The zero-order chi connectivity index (χ0) is 29.6. The summed E-state index contributed by atoms with van der Waals surface area (Å²) in [5, 5.41) is 8.20. The molecule has 0 spiro atoms. The molecule has 1 aliphatic rings. The Morgan fingerprint density at radius 2 is 1.54 bits per heavy atom. The van der Waals surface area contributed by atoms with Crippen molar-refractivity contribution in [1.29, 1.82) is 0 Å². The zero-order valence-electron chi connectivity index (χ0n) is 23.3. The van der Waals surface area contributed by atoms with E-state index < -0.39 is 23.6 Å². The maximum absolute atomic E-state index is 13.2. The quantitative estimate of drug-likeness (QED) is 0.211. The number of hydrogen-bond acceptors (Lipinski definition) is 7. The lowest BCUT2D eigenvalue weighted by molar-refractivity contribution is -0.115. The van der Waals surface area contributed by atoms with Crippen molar-refractivity contribution >= 4 is 41.0 Å². The van der Waals surface area contributed by atoms with E-state index in [9.17, 15) is 19.2 Å². The Hall–Kier alpha value is -4.99. The van der Waals surface area contributed by atoms with E-state index in [0.717, 1.165) is 5.56 Å². The number of aliphatic imine (C=N–C) groups is 1. The van der Waals surface area contributed by atoms with Gasteiger partial charge in [-0.25, -0.2) is 9.59 Å². The first-order valence-corrected chi connectivity index (χ1v) is 13.1. The van der Waals surface area contributed by atoms with Gasteiger partial charge in [-0.2, -0.15) is 0 Å². The first-order chi connectivity index (χ1) is 19.6. The fourth-order valence-corrected chi connectivity index (χ4v) is 4.27. The fraction of sp³-hybridized carbons (Fsp3) is 0.258. The Bertz CT molecular complexity index is 1480. The predicted octanol–water partition coefficient (Wildman–Crippen LogP) is 4.58. The van der Waals surface area contributed by atoms with Crippen LogP contribution in [0.15, 0.2) is 77.8 Å². The Morgan fingerprint density at radius 1 is 0.878 bits per heavy atom. The molecule has 0 saturated heterocycles. The molecule has 1 aliphatic heterocycles. The number of amides is 3. The minimum atomic E-state index is -0.709. The van der Waals surface area contributed by atoms with Crippen molar-refractivity contribution in [1.82, 2.24) is 10.6 Å². The van der Waals surface area contributed by atoms with Crippen LogP contribution in [0.1, 0.15) is 58.5 Å². The maximum atomic E-state index is 13.2. The molecule has 0 fully saturated rings. The molecule has 0 aromatic heterocycles. The van der Waals surface area contributed by atoms with Gasteiger partial charge in [0.25, 0.3) is 5.91 Å². The minimum absolute atomic E-state index is 0.218. The molecular formula is C31H32N4O6. The number of carbonyl (C=O) groups excluding carboxylic acids is 4. The number of hydrogen-bond donors (Lipinski definition) is 3. The van der Waals surface area contributed by atoms with Crippen LogP contribution in [0.4, 0.5) is 16.2 Å². The molecule has 10 nitrogen and oxygen atoms in total. The van der Waals surface area contributed by atoms with Crippen molar-refractivity contribution in [3.8, 4) is 0 Å². The van der Waals surface area contributed by atoms with Gasteiger partial charge >= 0.3 is 12.1 Å². The number of benzene rings is 3. The van der Waals surface area contributed by atoms with E-state index in [1.165, 1.54) is 7.11 Å². The highest BCUT2D eigenvalue weighted by molar-refractivity contribution is 6.24. The third-order valence-corrected chi connectivity index (χ3v) is 6.11. The number of anilines is 1. The normalized spacial score (nSPS) is 14.5. The van der Waals surface area contributed by atoms with Crippen LogP contribution in [0.2, 0.25) is 0 Å². The van der Waals surface area contributed by atoms with Crippen molar-refractivity contribution in [2.45, 2.75) is 32.3 Å². The van der Waals surface area contributed by atoms with Gasteiger partial charge in [0.05, 0.1) is 24.1 Å². The van der Waals surface area contributed by atoms with Crippen molar-refractivity contribution in [3.63, 3.8) is 0 Å². The number of nitrogens with zero attached hydrogens (tertiary/aromatic N) is 1. The number of ether oxygens (including phenoxy) is 2. The molecule has 212 valence electrons. The number of rotatable bonds is 8. The molecular weight excluding hydrogens is 524 g/mol. The highest BCUT2D eigenvalue weighted by Crippen LogP contribution is 2.37. The zero-order valence-corrected chi connectivity index (χ0v) is 23.3. The molecule has 3 N–H and O–H groups in total. The van der Waals surface area contributed by atoms with E-state index in [2.05, 4.69) is 16.0 Å². The lowest BCUT2D eigenvalue weighted by Gasteiger charge is -2.19. The van der Waals surface area contributed by atoms with Crippen molar-refractivity contribution < 1.29 is 28.7 Å². The lowest BCUT2D eigenvalue weighted by atomic mass is 9.90. The standard InChI is InChI=1S/C31H32N4O6/c1-31(2,3)41-30(39)33-17-16-32-27(36)20-10-13-22(14-11-20)34-26(19-8-6-5-7-9-19)25-23-15-12-21(29(38)40-4)18-24(23)35-28(25)37/h5-15,18,25H,16-17H2,1-4H3,(H,32,36)(H,33,39)(H,35,37). The molecule has 0 bridgehead atoms. The summed E-state index contributed by atoms with van der Waals surface area (Å²) in [6.07, 6.45) is -0.550. The van der Waals surface area contributed by atoms with Crippen LogP contribution in [0, 0.1) is 0 Å². The highest BCUT2D eigenvalue weighted by atomic mass is 16.6. The number of alkyl carbamates (subject to hydrolysis) is 1.